The first kappa shape index (κ1) is 14.7. The first-order valence-corrected chi connectivity index (χ1v) is 5.95. The molecule has 6 heteroatoms. The summed E-state index contributed by atoms with van der Waals surface area (Å²) >= 11 is 5.64. The van der Waals surface area contributed by atoms with E-state index in [-0.39, 0.29) is 10.8 Å². The fourth-order valence-corrected chi connectivity index (χ4v) is 1.44. The number of hydrogen-bond acceptors (Lipinski definition) is 3. The molecule has 4 nitrogen and oxygen atoms in total. The van der Waals surface area contributed by atoms with Crippen molar-refractivity contribution in [3.8, 4) is 0 Å². The summed E-state index contributed by atoms with van der Waals surface area (Å²) in [6, 6.07) is 1.44. The molecule has 1 aromatic rings. The molecule has 1 amide bonds. The van der Waals surface area contributed by atoms with Gasteiger partial charge in [0, 0.05) is 5.69 Å². The van der Waals surface area contributed by atoms with Crippen LogP contribution < -0.4 is 5.32 Å². The average Bonchev–Trinajstić information content (AvgIpc) is 2.21. The van der Waals surface area contributed by atoms with Crippen LogP contribution in [-0.4, -0.2) is 16.7 Å². The van der Waals surface area contributed by atoms with Gasteiger partial charge < -0.3 is 4.74 Å². The maximum Gasteiger partial charge on any atom is 0.412 e. The van der Waals surface area contributed by atoms with Gasteiger partial charge in [-0.25, -0.2) is 14.2 Å². The second-order valence-corrected chi connectivity index (χ2v) is 5.10. The monoisotopic (exact) mass is 274 g/mol. The van der Waals surface area contributed by atoms with E-state index in [0.717, 1.165) is 0 Å². The van der Waals surface area contributed by atoms with Gasteiger partial charge >= 0.3 is 6.09 Å². The van der Waals surface area contributed by atoms with Crippen LogP contribution in [0.3, 0.4) is 0 Å². The SMILES string of the molecule is CCc1cc(NC(=O)OC(C)(C)C)c(F)c(Cl)n1. The van der Waals surface area contributed by atoms with E-state index in [1.165, 1.54) is 6.07 Å². The molecule has 0 aromatic carbocycles. The molecule has 0 spiro atoms. The second-order valence-electron chi connectivity index (χ2n) is 4.75. The Kier molecular flexibility index (Phi) is 4.51. The van der Waals surface area contributed by atoms with Crippen LogP contribution in [0.2, 0.25) is 5.15 Å². The summed E-state index contributed by atoms with van der Waals surface area (Å²) in [5.41, 5.74) is -0.0844. The first-order valence-electron chi connectivity index (χ1n) is 5.58. The number of carbonyl (C=O) groups excluding carboxylic acids is 1. The lowest BCUT2D eigenvalue weighted by atomic mass is 10.2. The molecule has 1 heterocycles. The minimum atomic E-state index is -0.764. The molecule has 0 bridgehead atoms. The number of anilines is 1. The molecule has 1 aromatic heterocycles. The number of aromatic nitrogens is 1. The molecule has 0 aliphatic carbocycles. The van der Waals surface area contributed by atoms with Crippen molar-refractivity contribution in [2.24, 2.45) is 0 Å². The van der Waals surface area contributed by atoms with E-state index in [9.17, 15) is 9.18 Å². The number of carbonyl (C=O) groups is 1. The Bertz CT molecular complexity index is 458. The Labute approximate surface area is 110 Å². The van der Waals surface area contributed by atoms with Crippen LogP contribution in [0, 0.1) is 5.82 Å². The minimum absolute atomic E-state index is 0.0268. The molecule has 0 saturated carbocycles. The van der Waals surface area contributed by atoms with Gasteiger partial charge in [-0.3, -0.25) is 5.32 Å². The fourth-order valence-electron chi connectivity index (χ4n) is 1.23. The zero-order chi connectivity index (χ0) is 13.9. The summed E-state index contributed by atoms with van der Waals surface area (Å²) in [4.78, 5) is 15.4. The summed E-state index contributed by atoms with van der Waals surface area (Å²) < 4.78 is 18.7. The highest BCUT2D eigenvalue weighted by atomic mass is 35.5. The second kappa shape index (κ2) is 5.52. The van der Waals surface area contributed by atoms with Gasteiger partial charge in [0.05, 0.1) is 5.69 Å². The number of aryl methyl sites for hydroxylation is 1. The van der Waals surface area contributed by atoms with Crippen LogP contribution in [-0.2, 0) is 11.2 Å². The lowest BCUT2D eigenvalue weighted by molar-refractivity contribution is 0.0635. The Morgan fingerprint density at radius 1 is 1.56 bits per heavy atom. The summed E-state index contributed by atoms with van der Waals surface area (Å²) in [6.45, 7) is 7.02. The van der Waals surface area contributed by atoms with Crippen molar-refractivity contribution < 1.29 is 13.9 Å². The predicted molar refractivity (Wildman–Crippen MR) is 68.4 cm³/mol. The molecule has 0 atom stereocenters. The van der Waals surface area contributed by atoms with E-state index in [0.29, 0.717) is 12.1 Å². The van der Waals surface area contributed by atoms with Crippen LogP contribution >= 0.6 is 11.6 Å². The van der Waals surface area contributed by atoms with Gasteiger partial charge in [0.25, 0.3) is 0 Å². The van der Waals surface area contributed by atoms with E-state index in [2.05, 4.69) is 10.3 Å². The highest BCUT2D eigenvalue weighted by Gasteiger charge is 2.19. The molecule has 0 aliphatic heterocycles. The third-order valence-electron chi connectivity index (χ3n) is 1.97. The smallest absolute Gasteiger partial charge is 0.412 e. The fraction of sp³-hybridized carbons (Fsp3) is 0.500. The summed E-state index contributed by atoms with van der Waals surface area (Å²) in [5.74, 6) is -0.764. The first-order chi connectivity index (χ1) is 8.23. The van der Waals surface area contributed by atoms with Gasteiger partial charge in [-0.15, -0.1) is 0 Å². The molecule has 1 rings (SSSR count). The largest absolute Gasteiger partial charge is 0.444 e. The number of halogens is 2. The van der Waals surface area contributed by atoms with Crippen LogP contribution in [0.4, 0.5) is 14.9 Å². The predicted octanol–water partition coefficient (Wildman–Crippen LogP) is 3.78. The van der Waals surface area contributed by atoms with E-state index in [4.69, 9.17) is 16.3 Å². The van der Waals surface area contributed by atoms with Crippen molar-refractivity contribution in [1.29, 1.82) is 0 Å². The van der Waals surface area contributed by atoms with E-state index in [1.807, 2.05) is 6.92 Å². The molecule has 0 saturated heterocycles. The van der Waals surface area contributed by atoms with Crippen molar-refractivity contribution in [2.45, 2.75) is 39.7 Å². The van der Waals surface area contributed by atoms with Gasteiger partial charge in [0.2, 0.25) is 0 Å². The van der Waals surface area contributed by atoms with Crippen molar-refractivity contribution in [3.63, 3.8) is 0 Å². The molecule has 100 valence electrons. The summed E-state index contributed by atoms with van der Waals surface area (Å²) in [6.07, 6.45) is -0.145. The van der Waals surface area contributed by atoms with E-state index in [1.54, 1.807) is 20.8 Å². The van der Waals surface area contributed by atoms with Crippen LogP contribution in [0.15, 0.2) is 6.07 Å². The van der Waals surface area contributed by atoms with Gasteiger partial charge in [-0.2, -0.15) is 0 Å². The summed E-state index contributed by atoms with van der Waals surface area (Å²) in [7, 11) is 0. The van der Waals surface area contributed by atoms with Gasteiger partial charge in [-0.05, 0) is 33.3 Å². The van der Waals surface area contributed by atoms with Gasteiger partial charge in [0.15, 0.2) is 11.0 Å². The number of rotatable bonds is 2. The Morgan fingerprint density at radius 3 is 2.67 bits per heavy atom. The lowest BCUT2D eigenvalue weighted by Crippen LogP contribution is -2.27. The summed E-state index contributed by atoms with van der Waals surface area (Å²) in [5, 5.41) is 2.06. The third-order valence-corrected chi connectivity index (χ3v) is 2.22. The average molecular weight is 275 g/mol. The molecule has 0 aliphatic rings. The molecular formula is C12H16ClFN2O2. The van der Waals surface area contributed by atoms with Gasteiger partial charge in [0.1, 0.15) is 5.60 Å². The van der Waals surface area contributed by atoms with Crippen molar-refractivity contribution in [1.82, 2.24) is 4.98 Å². The number of hydrogen-bond donors (Lipinski definition) is 1. The highest BCUT2D eigenvalue weighted by molar-refractivity contribution is 6.29. The number of nitrogens with zero attached hydrogens (tertiary/aromatic N) is 1. The molecule has 18 heavy (non-hydrogen) atoms. The number of nitrogens with one attached hydrogen (secondary N) is 1. The Balaban J connectivity index is 2.90. The molecule has 0 radical (unpaired) electrons. The van der Waals surface area contributed by atoms with Crippen LogP contribution in [0.1, 0.15) is 33.4 Å². The third kappa shape index (κ3) is 4.14. The Hall–Kier alpha value is -1.36. The lowest BCUT2D eigenvalue weighted by Gasteiger charge is -2.20. The van der Waals surface area contributed by atoms with Crippen molar-refractivity contribution >= 4 is 23.4 Å². The number of ether oxygens (including phenoxy) is 1. The molecule has 0 unspecified atom stereocenters. The Morgan fingerprint density at radius 2 is 2.17 bits per heavy atom. The quantitative estimate of drug-likeness (QED) is 0.835. The normalized spacial score (nSPS) is 11.2. The van der Waals surface area contributed by atoms with Crippen LogP contribution in [0.25, 0.3) is 0 Å². The molecule has 0 fully saturated rings. The highest BCUT2D eigenvalue weighted by Crippen LogP contribution is 2.23. The zero-order valence-electron chi connectivity index (χ0n) is 10.8. The van der Waals surface area contributed by atoms with Gasteiger partial charge in [-0.1, -0.05) is 18.5 Å². The topological polar surface area (TPSA) is 51.2 Å². The number of pyridine rings is 1. The maximum atomic E-state index is 13.6. The molecule has 1 N–H and O–H groups in total. The molecular weight excluding hydrogens is 259 g/mol. The number of amides is 1. The minimum Gasteiger partial charge on any atom is -0.444 e. The standard InChI is InChI=1S/C12H16ClFN2O2/c1-5-7-6-8(9(14)10(13)15-7)16-11(17)18-12(2,3)4/h6H,5H2,1-4H3,(H,15,16,17). The maximum absolute atomic E-state index is 13.6. The van der Waals surface area contributed by atoms with Crippen molar-refractivity contribution in [2.75, 3.05) is 5.32 Å². The zero-order valence-corrected chi connectivity index (χ0v) is 11.6. The van der Waals surface area contributed by atoms with E-state index >= 15 is 0 Å². The van der Waals surface area contributed by atoms with E-state index < -0.39 is 17.5 Å². The van der Waals surface area contributed by atoms with Crippen molar-refractivity contribution in [3.05, 3.63) is 22.7 Å². The van der Waals surface area contributed by atoms with Crippen LogP contribution in [0.5, 0.6) is 0 Å².